The predicted molar refractivity (Wildman–Crippen MR) is 116 cm³/mol. The Kier molecular flexibility index (Phi) is 5.38. The van der Waals surface area contributed by atoms with Crippen LogP contribution in [0.25, 0.3) is 10.9 Å². The van der Waals surface area contributed by atoms with Crippen LogP contribution < -0.4 is 10.2 Å². The molecule has 1 atom stereocenters. The molecule has 3 aromatic rings. The molecule has 0 spiro atoms. The minimum absolute atomic E-state index is 0.123. The van der Waals surface area contributed by atoms with Gasteiger partial charge in [0.1, 0.15) is 0 Å². The molecule has 2 N–H and O–H groups in total. The molecular formula is C24H29N3O. The number of fused-ring (bicyclic) bond motifs is 1. The standard InChI is InChI=1S/C24H29N3O/c1-27(2)19-13-11-17(12-14-19)21(15-26-24(28)18-7-3-4-8-18)22-16-25-23-10-6-5-9-20(22)23/h5-6,9-14,16,18,21,25H,3-4,7-8,15H2,1-2H3,(H,26,28). The summed E-state index contributed by atoms with van der Waals surface area (Å²) in [5, 5.41) is 4.47. The summed E-state index contributed by atoms with van der Waals surface area (Å²) in [6.45, 7) is 0.624. The Morgan fingerprint density at radius 2 is 1.82 bits per heavy atom. The molecule has 4 heteroatoms. The molecular weight excluding hydrogens is 346 g/mol. The predicted octanol–water partition coefficient (Wildman–Crippen LogP) is 4.67. The Hall–Kier alpha value is -2.75. The number of benzene rings is 2. The number of nitrogens with zero attached hydrogens (tertiary/aromatic N) is 1. The second-order valence-corrected chi connectivity index (χ2v) is 8.05. The van der Waals surface area contributed by atoms with E-state index in [0.717, 1.165) is 18.4 Å². The van der Waals surface area contributed by atoms with E-state index in [-0.39, 0.29) is 17.7 Å². The van der Waals surface area contributed by atoms with Gasteiger partial charge in [-0.2, -0.15) is 0 Å². The molecule has 1 saturated carbocycles. The number of hydrogen-bond donors (Lipinski definition) is 2. The highest BCUT2D eigenvalue weighted by atomic mass is 16.1. The third-order valence-corrected chi connectivity index (χ3v) is 6.01. The molecule has 1 aromatic heterocycles. The highest BCUT2D eigenvalue weighted by Gasteiger charge is 2.25. The third-order valence-electron chi connectivity index (χ3n) is 6.01. The first-order valence-corrected chi connectivity index (χ1v) is 10.2. The molecule has 1 amide bonds. The van der Waals surface area contributed by atoms with Crippen molar-refractivity contribution in [2.75, 3.05) is 25.5 Å². The number of para-hydroxylation sites is 1. The van der Waals surface area contributed by atoms with E-state index in [1.165, 1.54) is 35.0 Å². The average molecular weight is 376 g/mol. The third kappa shape index (κ3) is 3.77. The van der Waals surface area contributed by atoms with Crippen LogP contribution >= 0.6 is 0 Å². The van der Waals surface area contributed by atoms with Crippen LogP contribution in [0.1, 0.15) is 42.7 Å². The summed E-state index contributed by atoms with van der Waals surface area (Å²) in [5.41, 5.74) is 4.77. The zero-order chi connectivity index (χ0) is 19.5. The van der Waals surface area contributed by atoms with Crippen molar-refractivity contribution in [1.82, 2.24) is 10.3 Å². The van der Waals surface area contributed by atoms with Gasteiger partial charge < -0.3 is 15.2 Å². The second-order valence-electron chi connectivity index (χ2n) is 8.05. The lowest BCUT2D eigenvalue weighted by Crippen LogP contribution is -2.33. The fourth-order valence-electron chi connectivity index (χ4n) is 4.33. The maximum atomic E-state index is 12.6. The van der Waals surface area contributed by atoms with Gasteiger partial charge in [-0.3, -0.25) is 4.79 Å². The van der Waals surface area contributed by atoms with Crippen LogP contribution in [0.4, 0.5) is 5.69 Å². The van der Waals surface area contributed by atoms with Crippen LogP contribution in [0.5, 0.6) is 0 Å². The van der Waals surface area contributed by atoms with Crippen molar-refractivity contribution in [3.05, 3.63) is 65.9 Å². The van der Waals surface area contributed by atoms with Gasteiger partial charge in [0, 0.05) is 55.3 Å². The Labute approximate surface area is 166 Å². The van der Waals surface area contributed by atoms with Crippen LogP contribution in [0.3, 0.4) is 0 Å². The quantitative estimate of drug-likeness (QED) is 0.658. The number of nitrogens with one attached hydrogen (secondary N) is 2. The number of carbonyl (C=O) groups excluding carboxylic acids is 1. The molecule has 4 rings (SSSR count). The van der Waals surface area contributed by atoms with Gasteiger partial charge in [0.2, 0.25) is 5.91 Å². The van der Waals surface area contributed by atoms with Crippen molar-refractivity contribution in [2.24, 2.45) is 5.92 Å². The van der Waals surface area contributed by atoms with E-state index in [2.05, 4.69) is 63.9 Å². The van der Waals surface area contributed by atoms with E-state index in [4.69, 9.17) is 0 Å². The number of anilines is 1. The lowest BCUT2D eigenvalue weighted by Gasteiger charge is -2.21. The smallest absolute Gasteiger partial charge is 0.223 e. The SMILES string of the molecule is CN(C)c1ccc(C(CNC(=O)C2CCCC2)c2c[nH]c3ccccc23)cc1. The maximum absolute atomic E-state index is 12.6. The topological polar surface area (TPSA) is 48.1 Å². The molecule has 0 radical (unpaired) electrons. The van der Waals surface area contributed by atoms with Gasteiger partial charge in [-0.15, -0.1) is 0 Å². The molecule has 28 heavy (non-hydrogen) atoms. The van der Waals surface area contributed by atoms with Gasteiger partial charge >= 0.3 is 0 Å². The highest BCUT2D eigenvalue weighted by Crippen LogP contribution is 2.32. The molecule has 1 unspecified atom stereocenters. The first-order chi connectivity index (χ1) is 13.6. The molecule has 2 aromatic carbocycles. The van der Waals surface area contributed by atoms with Gasteiger partial charge in [-0.05, 0) is 42.2 Å². The first-order valence-electron chi connectivity index (χ1n) is 10.2. The largest absolute Gasteiger partial charge is 0.378 e. The van der Waals surface area contributed by atoms with E-state index in [1.807, 2.05) is 20.2 Å². The molecule has 1 fully saturated rings. The molecule has 1 heterocycles. The zero-order valence-electron chi connectivity index (χ0n) is 16.7. The number of carbonyl (C=O) groups is 1. The van der Waals surface area contributed by atoms with E-state index in [1.54, 1.807) is 0 Å². The number of aromatic nitrogens is 1. The average Bonchev–Trinajstić information content (AvgIpc) is 3.39. The molecule has 1 aliphatic rings. The van der Waals surface area contributed by atoms with Crippen molar-refractivity contribution in [3.8, 4) is 0 Å². The Morgan fingerprint density at radius 3 is 2.54 bits per heavy atom. The highest BCUT2D eigenvalue weighted by molar-refractivity contribution is 5.84. The monoisotopic (exact) mass is 375 g/mol. The molecule has 0 aliphatic heterocycles. The maximum Gasteiger partial charge on any atom is 0.223 e. The van der Waals surface area contributed by atoms with Crippen molar-refractivity contribution in [1.29, 1.82) is 0 Å². The van der Waals surface area contributed by atoms with Gasteiger partial charge in [0.05, 0.1) is 0 Å². The normalized spacial score (nSPS) is 15.6. The summed E-state index contributed by atoms with van der Waals surface area (Å²) in [6, 6.07) is 17.0. The molecule has 4 nitrogen and oxygen atoms in total. The van der Waals surface area contributed by atoms with Gasteiger partial charge in [-0.1, -0.05) is 43.2 Å². The second kappa shape index (κ2) is 8.09. The minimum atomic E-state index is 0.123. The van der Waals surface area contributed by atoms with Crippen molar-refractivity contribution in [3.63, 3.8) is 0 Å². The minimum Gasteiger partial charge on any atom is -0.378 e. The number of rotatable bonds is 6. The van der Waals surface area contributed by atoms with Gasteiger partial charge in [0.25, 0.3) is 0 Å². The van der Waals surface area contributed by atoms with E-state index >= 15 is 0 Å². The van der Waals surface area contributed by atoms with Crippen molar-refractivity contribution >= 4 is 22.5 Å². The van der Waals surface area contributed by atoms with E-state index in [0.29, 0.717) is 6.54 Å². The Bertz CT molecular complexity index is 936. The fraction of sp³-hybridized carbons (Fsp3) is 0.375. The summed E-state index contributed by atoms with van der Waals surface area (Å²) >= 11 is 0. The van der Waals surface area contributed by atoms with Gasteiger partial charge in [-0.25, -0.2) is 0 Å². The number of amides is 1. The molecule has 146 valence electrons. The molecule has 0 bridgehead atoms. The van der Waals surface area contributed by atoms with Crippen LogP contribution in [-0.4, -0.2) is 31.5 Å². The molecule has 0 saturated heterocycles. The van der Waals surface area contributed by atoms with Crippen LogP contribution in [-0.2, 0) is 4.79 Å². The Morgan fingerprint density at radius 1 is 1.11 bits per heavy atom. The Balaban J connectivity index is 1.63. The summed E-state index contributed by atoms with van der Waals surface area (Å²) in [6.07, 6.45) is 6.51. The fourth-order valence-corrected chi connectivity index (χ4v) is 4.33. The molecule has 1 aliphatic carbocycles. The lowest BCUT2D eigenvalue weighted by molar-refractivity contribution is -0.124. The summed E-state index contributed by atoms with van der Waals surface area (Å²) < 4.78 is 0. The van der Waals surface area contributed by atoms with Crippen LogP contribution in [0, 0.1) is 5.92 Å². The van der Waals surface area contributed by atoms with Crippen molar-refractivity contribution < 1.29 is 4.79 Å². The number of hydrogen-bond acceptors (Lipinski definition) is 2. The van der Waals surface area contributed by atoms with Crippen molar-refractivity contribution in [2.45, 2.75) is 31.6 Å². The first kappa shape index (κ1) is 18.6. The summed E-state index contributed by atoms with van der Waals surface area (Å²) in [4.78, 5) is 18.1. The zero-order valence-corrected chi connectivity index (χ0v) is 16.7. The van der Waals surface area contributed by atoms with Crippen LogP contribution in [0.15, 0.2) is 54.7 Å². The van der Waals surface area contributed by atoms with Crippen LogP contribution in [0.2, 0.25) is 0 Å². The number of H-pyrrole nitrogens is 1. The number of aromatic amines is 1. The van der Waals surface area contributed by atoms with E-state index < -0.39 is 0 Å². The van der Waals surface area contributed by atoms with E-state index in [9.17, 15) is 4.79 Å². The summed E-state index contributed by atoms with van der Waals surface area (Å²) in [7, 11) is 4.10. The summed E-state index contributed by atoms with van der Waals surface area (Å²) in [5.74, 6) is 0.532. The van der Waals surface area contributed by atoms with Gasteiger partial charge in [0.15, 0.2) is 0 Å². The lowest BCUT2D eigenvalue weighted by atomic mass is 9.90.